The fraction of sp³-hybridized carbons (Fsp3) is 0.120. The van der Waals surface area contributed by atoms with Gasteiger partial charge in [-0.15, -0.1) is 0 Å². The van der Waals surface area contributed by atoms with Gasteiger partial charge in [-0.05, 0) is 55.0 Å². The van der Waals surface area contributed by atoms with E-state index in [0.29, 0.717) is 10.6 Å². The van der Waals surface area contributed by atoms with E-state index in [-0.39, 0.29) is 39.7 Å². The Morgan fingerprint density at radius 1 is 1.00 bits per heavy atom. The molecule has 0 heterocycles. The maximum absolute atomic E-state index is 13.3. The van der Waals surface area contributed by atoms with Crippen molar-refractivity contribution in [3.63, 3.8) is 0 Å². The molecule has 0 aliphatic rings. The SMILES string of the molecule is C[C@H](NN(C(=O)c1ccc([N+](=O)[O-])cc1)C(=O)c1ccc(C(=O)NCc2cccc(O)c2)cc1Cl)C(=O)O. The summed E-state index contributed by atoms with van der Waals surface area (Å²) in [6.45, 7) is 1.31. The molecular formula is C25H21ClN4O8. The van der Waals surface area contributed by atoms with Crippen LogP contribution >= 0.6 is 11.6 Å². The fourth-order valence-corrected chi connectivity index (χ4v) is 3.48. The molecule has 38 heavy (non-hydrogen) atoms. The Balaban J connectivity index is 1.84. The molecule has 0 bridgehead atoms. The van der Waals surface area contributed by atoms with E-state index in [0.717, 1.165) is 24.3 Å². The Morgan fingerprint density at radius 2 is 1.66 bits per heavy atom. The van der Waals surface area contributed by atoms with E-state index in [1.165, 1.54) is 37.3 Å². The Bertz CT molecular complexity index is 1410. The van der Waals surface area contributed by atoms with E-state index in [9.17, 15) is 39.5 Å². The average molecular weight is 541 g/mol. The van der Waals surface area contributed by atoms with E-state index < -0.39 is 34.7 Å². The van der Waals surface area contributed by atoms with Crippen molar-refractivity contribution in [3.8, 4) is 5.75 Å². The number of nitro benzene ring substituents is 1. The van der Waals surface area contributed by atoms with E-state index >= 15 is 0 Å². The number of nitrogens with one attached hydrogen (secondary N) is 2. The Hall–Kier alpha value is -4.81. The van der Waals surface area contributed by atoms with Gasteiger partial charge in [0.2, 0.25) is 0 Å². The smallest absolute Gasteiger partial charge is 0.322 e. The van der Waals surface area contributed by atoms with Gasteiger partial charge in [0, 0.05) is 29.8 Å². The highest BCUT2D eigenvalue weighted by Crippen LogP contribution is 2.22. The normalized spacial score (nSPS) is 11.3. The number of carboxylic acids is 1. The van der Waals surface area contributed by atoms with Crippen molar-refractivity contribution >= 4 is 41.0 Å². The van der Waals surface area contributed by atoms with Gasteiger partial charge in [0.15, 0.2) is 0 Å². The van der Waals surface area contributed by atoms with Gasteiger partial charge in [-0.25, -0.2) is 10.4 Å². The van der Waals surface area contributed by atoms with Gasteiger partial charge < -0.3 is 15.5 Å². The summed E-state index contributed by atoms with van der Waals surface area (Å²) >= 11 is 6.26. The molecule has 13 heteroatoms. The number of carbonyl (C=O) groups is 4. The molecule has 0 saturated carbocycles. The topological polar surface area (TPSA) is 179 Å². The van der Waals surface area contributed by atoms with Crippen molar-refractivity contribution < 1.29 is 34.3 Å². The zero-order valence-electron chi connectivity index (χ0n) is 19.8. The predicted molar refractivity (Wildman–Crippen MR) is 135 cm³/mol. The molecule has 0 fully saturated rings. The van der Waals surface area contributed by atoms with Crippen molar-refractivity contribution in [2.24, 2.45) is 0 Å². The molecule has 3 amide bonds. The molecule has 3 aromatic rings. The summed E-state index contributed by atoms with van der Waals surface area (Å²) in [6.07, 6.45) is 0. The summed E-state index contributed by atoms with van der Waals surface area (Å²) in [5.41, 5.74) is 2.42. The monoisotopic (exact) mass is 540 g/mol. The van der Waals surface area contributed by atoms with Gasteiger partial charge >= 0.3 is 5.97 Å². The molecule has 1 atom stereocenters. The zero-order valence-corrected chi connectivity index (χ0v) is 20.5. The highest BCUT2D eigenvalue weighted by Gasteiger charge is 2.29. The summed E-state index contributed by atoms with van der Waals surface area (Å²) in [5, 5.41) is 32.6. The summed E-state index contributed by atoms with van der Waals surface area (Å²) < 4.78 is 0. The lowest BCUT2D eigenvalue weighted by Crippen LogP contribution is -2.53. The molecule has 0 spiro atoms. The van der Waals surface area contributed by atoms with Crippen LogP contribution in [0.15, 0.2) is 66.7 Å². The van der Waals surface area contributed by atoms with Crippen LogP contribution < -0.4 is 10.7 Å². The summed E-state index contributed by atoms with van der Waals surface area (Å²) in [7, 11) is 0. The first-order chi connectivity index (χ1) is 18.0. The van der Waals surface area contributed by atoms with Gasteiger partial charge in [0.05, 0.1) is 15.5 Å². The number of rotatable bonds is 9. The Labute approximate surface area is 220 Å². The number of carboxylic acid groups (broad SMARTS) is 1. The van der Waals surface area contributed by atoms with Crippen LogP contribution in [0.5, 0.6) is 5.75 Å². The number of imide groups is 1. The number of halogens is 1. The number of hydrazine groups is 1. The van der Waals surface area contributed by atoms with E-state index in [2.05, 4.69) is 10.7 Å². The largest absolute Gasteiger partial charge is 0.508 e. The molecule has 0 aromatic heterocycles. The lowest BCUT2D eigenvalue weighted by atomic mass is 10.1. The highest BCUT2D eigenvalue weighted by molar-refractivity contribution is 6.34. The van der Waals surface area contributed by atoms with Gasteiger partial charge in [-0.1, -0.05) is 23.7 Å². The fourth-order valence-electron chi connectivity index (χ4n) is 3.21. The quantitative estimate of drug-likeness (QED) is 0.180. The summed E-state index contributed by atoms with van der Waals surface area (Å²) in [4.78, 5) is 60.5. The lowest BCUT2D eigenvalue weighted by Gasteiger charge is -2.24. The third-order valence-corrected chi connectivity index (χ3v) is 5.56. The molecule has 0 aliphatic heterocycles. The van der Waals surface area contributed by atoms with Crippen molar-refractivity contribution in [1.82, 2.24) is 15.8 Å². The third-order valence-electron chi connectivity index (χ3n) is 5.25. The molecular weight excluding hydrogens is 520 g/mol. The number of non-ortho nitro benzene ring substituents is 1. The predicted octanol–water partition coefficient (Wildman–Crippen LogP) is 3.14. The third kappa shape index (κ3) is 6.69. The van der Waals surface area contributed by atoms with E-state index in [4.69, 9.17) is 11.6 Å². The second-order valence-electron chi connectivity index (χ2n) is 7.99. The van der Waals surface area contributed by atoms with Crippen LogP contribution in [0.1, 0.15) is 43.6 Å². The number of aliphatic carboxylic acids is 1. The van der Waals surface area contributed by atoms with Gasteiger partial charge in [0.25, 0.3) is 23.4 Å². The van der Waals surface area contributed by atoms with Crippen LogP contribution in [-0.2, 0) is 11.3 Å². The minimum absolute atomic E-state index is 0.0429. The number of benzene rings is 3. The van der Waals surface area contributed by atoms with Gasteiger partial charge in [0.1, 0.15) is 11.8 Å². The molecule has 0 aliphatic carbocycles. The van der Waals surface area contributed by atoms with Crippen molar-refractivity contribution in [2.75, 3.05) is 0 Å². The van der Waals surface area contributed by atoms with Crippen LogP contribution in [0.2, 0.25) is 5.02 Å². The summed E-state index contributed by atoms with van der Waals surface area (Å²) in [6, 6.07) is 13.0. The minimum Gasteiger partial charge on any atom is -0.508 e. The molecule has 0 unspecified atom stereocenters. The maximum Gasteiger partial charge on any atom is 0.322 e. The van der Waals surface area contributed by atoms with Gasteiger partial charge in [-0.2, -0.15) is 0 Å². The second kappa shape index (κ2) is 12.0. The molecule has 196 valence electrons. The number of phenolic OH excluding ortho intramolecular Hbond substituents is 1. The molecule has 0 radical (unpaired) electrons. The van der Waals surface area contributed by atoms with Gasteiger partial charge in [-0.3, -0.25) is 29.3 Å². The molecule has 3 rings (SSSR count). The van der Waals surface area contributed by atoms with Crippen LogP contribution in [0.25, 0.3) is 0 Å². The number of nitro groups is 1. The number of amides is 3. The van der Waals surface area contributed by atoms with Crippen LogP contribution in [0.4, 0.5) is 5.69 Å². The second-order valence-corrected chi connectivity index (χ2v) is 8.39. The Kier molecular flexibility index (Phi) is 8.73. The van der Waals surface area contributed by atoms with Crippen molar-refractivity contribution in [1.29, 1.82) is 0 Å². The molecule has 3 aromatic carbocycles. The van der Waals surface area contributed by atoms with Crippen LogP contribution in [-0.4, -0.2) is 49.9 Å². The number of carbonyl (C=O) groups excluding carboxylic acids is 3. The first kappa shape index (κ1) is 27.8. The Morgan fingerprint density at radius 3 is 2.24 bits per heavy atom. The number of phenols is 1. The van der Waals surface area contributed by atoms with Crippen molar-refractivity contribution in [3.05, 3.63) is 104 Å². The van der Waals surface area contributed by atoms with E-state index in [1.807, 2.05) is 0 Å². The number of hydrogen-bond donors (Lipinski definition) is 4. The van der Waals surface area contributed by atoms with Crippen LogP contribution in [0, 0.1) is 10.1 Å². The molecule has 12 nitrogen and oxygen atoms in total. The molecule has 4 N–H and O–H groups in total. The molecule has 0 saturated heterocycles. The number of nitrogens with zero attached hydrogens (tertiary/aromatic N) is 2. The summed E-state index contributed by atoms with van der Waals surface area (Å²) in [5.74, 6) is -3.84. The highest BCUT2D eigenvalue weighted by atomic mass is 35.5. The first-order valence-electron chi connectivity index (χ1n) is 11.0. The zero-order chi connectivity index (χ0) is 28.0. The minimum atomic E-state index is -1.37. The number of aromatic hydroxyl groups is 1. The standard InChI is InChI=1S/C25H21ClN4O8/c1-14(25(35)36)28-29(23(33)16-5-8-18(9-6-16)30(37)38)24(34)20-10-7-17(12-21(20)26)22(32)27-13-15-3-2-4-19(31)11-15/h2-12,14,28,31H,13H2,1H3,(H,27,32)(H,35,36)/t14-/m0/s1. The number of hydrogen-bond acceptors (Lipinski definition) is 8. The first-order valence-corrected chi connectivity index (χ1v) is 11.3. The van der Waals surface area contributed by atoms with Crippen molar-refractivity contribution in [2.45, 2.75) is 19.5 Å². The van der Waals surface area contributed by atoms with E-state index in [1.54, 1.807) is 12.1 Å². The maximum atomic E-state index is 13.3. The average Bonchev–Trinajstić information content (AvgIpc) is 2.89. The van der Waals surface area contributed by atoms with Crippen LogP contribution in [0.3, 0.4) is 0 Å². The lowest BCUT2D eigenvalue weighted by molar-refractivity contribution is -0.384.